The van der Waals surface area contributed by atoms with Gasteiger partial charge in [0.25, 0.3) is 0 Å². The number of nitrogens with one attached hydrogen (secondary N) is 2. The Kier molecular flexibility index (Phi) is 5.97. The van der Waals surface area contributed by atoms with Crippen LogP contribution in [0.1, 0.15) is 20.8 Å². The summed E-state index contributed by atoms with van der Waals surface area (Å²) in [6, 6.07) is 6.83. The van der Waals surface area contributed by atoms with Crippen molar-refractivity contribution in [3.63, 3.8) is 0 Å². The van der Waals surface area contributed by atoms with Crippen LogP contribution in [0.15, 0.2) is 40.9 Å². The van der Waals surface area contributed by atoms with Gasteiger partial charge in [-0.15, -0.1) is 0 Å². The van der Waals surface area contributed by atoms with E-state index < -0.39 is 0 Å². The molecule has 0 atom stereocenters. The van der Waals surface area contributed by atoms with Gasteiger partial charge in [0.05, 0.1) is 0 Å². The first-order valence-corrected chi connectivity index (χ1v) is 6.74. The van der Waals surface area contributed by atoms with E-state index in [0.717, 1.165) is 22.2 Å². The van der Waals surface area contributed by atoms with Gasteiger partial charge in [-0.1, -0.05) is 19.4 Å². The van der Waals surface area contributed by atoms with Gasteiger partial charge >= 0.3 is 6.03 Å². The molecule has 0 aliphatic heterocycles. The smallest absolute Gasteiger partial charge is 0.314 e. The van der Waals surface area contributed by atoms with Gasteiger partial charge in [-0.2, -0.15) is 5.26 Å². The lowest BCUT2D eigenvalue weighted by Crippen LogP contribution is -2.24. The van der Waals surface area contributed by atoms with Crippen LogP contribution in [0.5, 0.6) is 0 Å². The maximum Gasteiger partial charge on any atom is 0.323 e. The Labute approximate surface area is 117 Å². The van der Waals surface area contributed by atoms with E-state index in [1.54, 1.807) is 30.5 Å². The van der Waals surface area contributed by atoms with Crippen molar-refractivity contribution in [2.45, 2.75) is 25.7 Å². The number of nitriles is 1. The highest BCUT2D eigenvalue weighted by Crippen LogP contribution is 2.18. The predicted molar refractivity (Wildman–Crippen MR) is 78.7 cm³/mol. The van der Waals surface area contributed by atoms with E-state index in [-0.39, 0.29) is 6.03 Å². The largest absolute Gasteiger partial charge is 0.323 e. The zero-order chi connectivity index (χ0) is 14.3. The number of hydrogen-bond acceptors (Lipinski definition) is 3. The third-order valence-electron chi connectivity index (χ3n) is 2.62. The van der Waals surface area contributed by atoms with E-state index in [1.165, 1.54) is 0 Å². The molecular formula is C14H17N3OS. The minimum Gasteiger partial charge on any atom is -0.314 e. The van der Waals surface area contributed by atoms with Gasteiger partial charge in [0.1, 0.15) is 5.40 Å². The van der Waals surface area contributed by atoms with Crippen LogP contribution in [0.4, 0.5) is 10.5 Å². The molecule has 2 amide bonds. The Balaban J connectivity index is 2.53. The second-order valence-electron chi connectivity index (χ2n) is 4.36. The van der Waals surface area contributed by atoms with Gasteiger partial charge in [-0.3, -0.25) is 0 Å². The van der Waals surface area contributed by atoms with Gasteiger partial charge in [-0.05, 0) is 48.9 Å². The van der Waals surface area contributed by atoms with Crippen molar-refractivity contribution in [2.24, 2.45) is 5.92 Å². The van der Waals surface area contributed by atoms with Crippen molar-refractivity contribution < 1.29 is 4.79 Å². The molecule has 19 heavy (non-hydrogen) atoms. The third-order valence-corrected chi connectivity index (χ3v) is 3.22. The number of amides is 2. The van der Waals surface area contributed by atoms with Gasteiger partial charge in [0, 0.05) is 16.8 Å². The van der Waals surface area contributed by atoms with E-state index in [1.807, 2.05) is 12.3 Å². The number of nitrogens with zero attached hydrogens (tertiary/aromatic N) is 1. The molecule has 2 N–H and O–H groups in total. The van der Waals surface area contributed by atoms with E-state index in [9.17, 15) is 4.79 Å². The van der Waals surface area contributed by atoms with Gasteiger partial charge in [-0.25, -0.2) is 4.79 Å². The van der Waals surface area contributed by atoms with Crippen molar-refractivity contribution in [1.82, 2.24) is 5.32 Å². The number of carbonyl (C=O) groups excluding carboxylic acids is 1. The molecule has 0 saturated carbocycles. The van der Waals surface area contributed by atoms with Gasteiger partial charge in [0.15, 0.2) is 0 Å². The number of rotatable bonds is 4. The molecule has 4 nitrogen and oxygen atoms in total. The lowest BCUT2D eigenvalue weighted by atomic mass is 10.1. The van der Waals surface area contributed by atoms with Crippen LogP contribution in [0.2, 0.25) is 0 Å². The number of thiocyanates is 1. The Hall–Kier alpha value is -1.93. The minimum atomic E-state index is -0.277. The number of anilines is 1. The normalized spacial score (nSPS) is 11.0. The highest BCUT2D eigenvalue weighted by molar-refractivity contribution is 8.03. The Morgan fingerprint density at radius 3 is 2.53 bits per heavy atom. The zero-order valence-corrected chi connectivity index (χ0v) is 12.0. The molecule has 1 aromatic carbocycles. The van der Waals surface area contributed by atoms with Crippen molar-refractivity contribution in [3.8, 4) is 5.40 Å². The molecule has 0 bridgehead atoms. The van der Waals surface area contributed by atoms with Crippen molar-refractivity contribution in [3.05, 3.63) is 36.0 Å². The first-order valence-electron chi connectivity index (χ1n) is 5.93. The molecule has 5 heteroatoms. The van der Waals surface area contributed by atoms with Crippen LogP contribution in [0.25, 0.3) is 0 Å². The molecule has 0 saturated heterocycles. The summed E-state index contributed by atoms with van der Waals surface area (Å²) >= 11 is 1.09. The Bertz CT molecular complexity index is 500. The van der Waals surface area contributed by atoms with Gasteiger partial charge < -0.3 is 10.6 Å². The van der Waals surface area contributed by atoms with E-state index >= 15 is 0 Å². The number of urea groups is 1. The summed E-state index contributed by atoms with van der Waals surface area (Å²) in [6.45, 7) is 6.10. The number of allylic oxidation sites excluding steroid dienone is 1. The van der Waals surface area contributed by atoms with Crippen molar-refractivity contribution in [2.75, 3.05) is 5.32 Å². The van der Waals surface area contributed by atoms with Gasteiger partial charge in [0.2, 0.25) is 0 Å². The van der Waals surface area contributed by atoms with Crippen LogP contribution in [0, 0.1) is 16.6 Å². The topological polar surface area (TPSA) is 64.9 Å². The maximum absolute atomic E-state index is 11.6. The standard InChI is InChI=1S/C14H17N3OS/c1-10(2)11(3)8-16-14(18)17-12-4-6-13(7-5-12)19-9-15/h4-8,10H,1-3H3,(H2,16,17,18)/b11-8+. The molecule has 0 aliphatic carbocycles. The summed E-state index contributed by atoms with van der Waals surface area (Å²) in [6.07, 6.45) is 1.71. The lowest BCUT2D eigenvalue weighted by molar-refractivity contribution is 0.255. The minimum absolute atomic E-state index is 0.277. The highest BCUT2D eigenvalue weighted by Gasteiger charge is 2.01. The predicted octanol–water partition coefficient (Wildman–Crippen LogP) is 3.94. The SMILES string of the molecule is C/C(=C\NC(=O)Nc1ccc(SC#N)cc1)C(C)C. The number of carbonyl (C=O) groups is 1. The molecule has 0 radical (unpaired) electrons. The fraction of sp³-hybridized carbons (Fsp3) is 0.286. The molecule has 100 valence electrons. The summed E-state index contributed by atoms with van der Waals surface area (Å²) in [5.74, 6) is 0.405. The third kappa shape index (κ3) is 5.49. The van der Waals surface area contributed by atoms with Crippen molar-refractivity contribution >= 4 is 23.5 Å². The van der Waals surface area contributed by atoms with E-state index in [4.69, 9.17) is 5.26 Å². The Morgan fingerprint density at radius 1 is 1.37 bits per heavy atom. The van der Waals surface area contributed by atoms with Crippen LogP contribution in [-0.2, 0) is 0 Å². The monoisotopic (exact) mass is 275 g/mol. The molecule has 0 heterocycles. The summed E-state index contributed by atoms with van der Waals surface area (Å²) in [4.78, 5) is 12.5. The molecule has 0 aromatic heterocycles. The van der Waals surface area contributed by atoms with E-state index in [0.29, 0.717) is 11.6 Å². The molecule has 1 aromatic rings. The molecule has 0 fully saturated rings. The fourth-order valence-electron chi connectivity index (χ4n) is 1.17. The molecule has 0 unspecified atom stereocenters. The Morgan fingerprint density at radius 2 is 2.00 bits per heavy atom. The van der Waals surface area contributed by atoms with Crippen LogP contribution < -0.4 is 10.6 Å². The van der Waals surface area contributed by atoms with E-state index in [2.05, 4.69) is 24.5 Å². The van der Waals surface area contributed by atoms with Crippen molar-refractivity contribution in [1.29, 1.82) is 5.26 Å². The molecule has 1 rings (SSSR count). The van der Waals surface area contributed by atoms with Crippen LogP contribution in [-0.4, -0.2) is 6.03 Å². The maximum atomic E-state index is 11.6. The first-order chi connectivity index (χ1) is 9.02. The first kappa shape index (κ1) is 15.1. The summed E-state index contributed by atoms with van der Waals surface area (Å²) in [5, 5.41) is 15.9. The number of benzene rings is 1. The summed E-state index contributed by atoms with van der Waals surface area (Å²) < 4.78 is 0. The molecule has 0 aliphatic rings. The zero-order valence-electron chi connectivity index (χ0n) is 11.2. The molecule has 0 spiro atoms. The lowest BCUT2D eigenvalue weighted by Gasteiger charge is -2.08. The summed E-state index contributed by atoms with van der Waals surface area (Å²) in [5.41, 5.74) is 1.80. The quantitative estimate of drug-likeness (QED) is 0.646. The average molecular weight is 275 g/mol. The highest BCUT2D eigenvalue weighted by atomic mass is 32.2. The average Bonchev–Trinajstić information content (AvgIpc) is 2.38. The van der Waals surface area contributed by atoms with Crippen LogP contribution in [0.3, 0.4) is 0 Å². The molecular weight excluding hydrogens is 258 g/mol. The number of thioether (sulfide) groups is 1. The number of hydrogen-bond donors (Lipinski definition) is 2. The second-order valence-corrected chi connectivity index (χ2v) is 5.22. The fourth-order valence-corrected chi connectivity index (χ4v) is 1.55. The second kappa shape index (κ2) is 7.49. The summed E-state index contributed by atoms with van der Waals surface area (Å²) in [7, 11) is 0. The van der Waals surface area contributed by atoms with Crippen LogP contribution >= 0.6 is 11.8 Å².